The Morgan fingerprint density at radius 2 is 1.03 bits per heavy atom. The van der Waals surface area contributed by atoms with Gasteiger partial charge in [0.25, 0.3) is 0 Å². The van der Waals surface area contributed by atoms with Crippen LogP contribution < -0.4 is 0 Å². The highest BCUT2D eigenvalue weighted by Crippen LogP contribution is 2.10. The van der Waals surface area contributed by atoms with E-state index in [0.29, 0.717) is 26.1 Å². The van der Waals surface area contributed by atoms with Gasteiger partial charge in [-0.25, -0.2) is 0 Å². The lowest BCUT2D eigenvalue weighted by Crippen LogP contribution is -2.05. The Morgan fingerprint density at radius 3 is 1.44 bits per heavy atom. The van der Waals surface area contributed by atoms with E-state index in [1.54, 1.807) is 13.0 Å². The molecule has 5 heteroatoms. The Hall–Kier alpha value is -1.65. The Kier molecular flexibility index (Phi) is 27.8. The third-order valence-corrected chi connectivity index (χ3v) is 4.86. The molecule has 0 saturated carbocycles. The molecule has 0 aliphatic carbocycles. The fourth-order valence-electron chi connectivity index (χ4n) is 2.81. The minimum absolute atomic E-state index is 0.0664. The summed E-state index contributed by atoms with van der Waals surface area (Å²) in [4.78, 5) is 33.1. The maximum absolute atomic E-state index is 11.4. The molecule has 0 atom stereocenters. The van der Waals surface area contributed by atoms with E-state index in [1.165, 1.54) is 19.3 Å². The van der Waals surface area contributed by atoms with Crippen molar-refractivity contribution in [3.05, 3.63) is 12.2 Å². The molecule has 0 spiro atoms. The van der Waals surface area contributed by atoms with E-state index in [-0.39, 0.29) is 17.7 Å². The number of allylic oxidation sites excluding steroid dienone is 2. The number of carbonyl (C=O) groups is 3. The summed E-state index contributed by atoms with van der Waals surface area (Å²) in [6.45, 7) is 9.04. The smallest absolute Gasteiger partial charge is 0.305 e. The summed E-state index contributed by atoms with van der Waals surface area (Å²) in [7, 11) is 0. The predicted octanol–water partition coefficient (Wildman–Crippen LogP) is 7.51. The lowest BCUT2D eigenvalue weighted by molar-refractivity contribution is -0.144. The van der Waals surface area contributed by atoms with Crippen molar-refractivity contribution < 1.29 is 23.9 Å². The molecule has 0 N–H and O–H groups in total. The Labute approximate surface area is 197 Å². The molecule has 0 heterocycles. The molecule has 0 unspecified atom stereocenters. The van der Waals surface area contributed by atoms with E-state index in [2.05, 4.69) is 20.8 Å². The van der Waals surface area contributed by atoms with Crippen LogP contribution in [0.1, 0.15) is 130 Å². The molecular weight excluding hydrogens is 404 g/mol. The molecular formula is C27H50O5. The standard InChI is InChI=1S/C18H34O4.C9H16O/c1-3-5-15-21-17(19)13-11-9-7-8-10-12-14-18(20)22-16-6-4-2;1-3-4-5-6-7-8-9(2)10/h3-16H2,1-2H3;7-8H,3-6H2,1-2H3. The van der Waals surface area contributed by atoms with Crippen molar-refractivity contribution in [1.29, 1.82) is 0 Å². The summed E-state index contributed by atoms with van der Waals surface area (Å²) < 4.78 is 10.2. The Balaban J connectivity index is 0. The molecule has 0 aromatic rings. The number of hydrogen-bond acceptors (Lipinski definition) is 5. The van der Waals surface area contributed by atoms with Gasteiger partial charge in [0.2, 0.25) is 0 Å². The number of esters is 2. The van der Waals surface area contributed by atoms with Crippen LogP contribution >= 0.6 is 0 Å². The average Bonchev–Trinajstić information content (AvgIpc) is 2.76. The van der Waals surface area contributed by atoms with Crippen LogP contribution in [0.25, 0.3) is 0 Å². The van der Waals surface area contributed by atoms with E-state index in [9.17, 15) is 14.4 Å². The number of rotatable bonds is 20. The molecule has 0 amide bonds. The molecule has 0 aromatic carbocycles. The maximum Gasteiger partial charge on any atom is 0.305 e. The second-order valence-electron chi connectivity index (χ2n) is 8.28. The van der Waals surface area contributed by atoms with Gasteiger partial charge in [-0.05, 0) is 51.5 Å². The number of unbranched alkanes of at least 4 members (excludes halogenated alkanes) is 10. The van der Waals surface area contributed by atoms with Crippen molar-refractivity contribution in [2.45, 2.75) is 130 Å². The summed E-state index contributed by atoms with van der Waals surface area (Å²) >= 11 is 0. The minimum Gasteiger partial charge on any atom is -0.466 e. The summed E-state index contributed by atoms with van der Waals surface area (Å²) in [6, 6.07) is 0. The molecule has 0 radical (unpaired) electrons. The lowest BCUT2D eigenvalue weighted by Gasteiger charge is -2.05. The van der Waals surface area contributed by atoms with Gasteiger partial charge in [-0.1, -0.05) is 78.2 Å². The molecule has 188 valence electrons. The van der Waals surface area contributed by atoms with E-state index in [1.807, 2.05) is 6.08 Å². The first-order valence-corrected chi connectivity index (χ1v) is 13.0. The predicted molar refractivity (Wildman–Crippen MR) is 133 cm³/mol. The highest BCUT2D eigenvalue weighted by atomic mass is 16.5. The fraction of sp³-hybridized carbons (Fsp3) is 0.815. The maximum atomic E-state index is 11.4. The van der Waals surface area contributed by atoms with Gasteiger partial charge in [0.1, 0.15) is 0 Å². The molecule has 0 rings (SSSR count). The summed E-state index contributed by atoms with van der Waals surface area (Å²) in [6.07, 6.45) is 19.6. The van der Waals surface area contributed by atoms with Crippen LogP contribution in [0.5, 0.6) is 0 Å². The lowest BCUT2D eigenvalue weighted by atomic mass is 10.1. The topological polar surface area (TPSA) is 69.7 Å². The van der Waals surface area contributed by atoms with Gasteiger partial charge in [0.05, 0.1) is 13.2 Å². The van der Waals surface area contributed by atoms with E-state index in [0.717, 1.165) is 70.6 Å². The minimum atomic E-state index is -0.0664. The average molecular weight is 455 g/mol. The summed E-state index contributed by atoms with van der Waals surface area (Å²) in [5.41, 5.74) is 0. The third kappa shape index (κ3) is 30.5. The van der Waals surface area contributed by atoms with Crippen molar-refractivity contribution in [3.8, 4) is 0 Å². The van der Waals surface area contributed by atoms with Gasteiger partial charge in [0.15, 0.2) is 5.78 Å². The highest BCUT2D eigenvalue weighted by Gasteiger charge is 2.03. The number of ketones is 1. The summed E-state index contributed by atoms with van der Waals surface area (Å²) in [5, 5.41) is 0. The largest absolute Gasteiger partial charge is 0.466 e. The normalized spacial score (nSPS) is 10.5. The van der Waals surface area contributed by atoms with Crippen molar-refractivity contribution >= 4 is 17.7 Å². The van der Waals surface area contributed by atoms with Gasteiger partial charge >= 0.3 is 11.9 Å². The monoisotopic (exact) mass is 454 g/mol. The van der Waals surface area contributed by atoms with E-state index >= 15 is 0 Å². The van der Waals surface area contributed by atoms with Gasteiger partial charge < -0.3 is 9.47 Å². The van der Waals surface area contributed by atoms with Crippen LogP contribution in [0.4, 0.5) is 0 Å². The van der Waals surface area contributed by atoms with Gasteiger partial charge in [-0.3, -0.25) is 14.4 Å². The second-order valence-corrected chi connectivity index (χ2v) is 8.28. The molecule has 32 heavy (non-hydrogen) atoms. The van der Waals surface area contributed by atoms with Crippen molar-refractivity contribution in [1.82, 2.24) is 0 Å². The fourth-order valence-corrected chi connectivity index (χ4v) is 2.81. The van der Waals surface area contributed by atoms with Crippen molar-refractivity contribution in [2.75, 3.05) is 13.2 Å². The molecule has 0 saturated heterocycles. The molecule has 0 aromatic heterocycles. The zero-order valence-electron chi connectivity index (χ0n) is 21.4. The van der Waals surface area contributed by atoms with Gasteiger partial charge in [-0.15, -0.1) is 0 Å². The summed E-state index contributed by atoms with van der Waals surface area (Å²) in [5.74, 6) is 0.0167. The van der Waals surface area contributed by atoms with Crippen LogP contribution in [-0.4, -0.2) is 30.9 Å². The van der Waals surface area contributed by atoms with Gasteiger partial charge in [-0.2, -0.15) is 0 Å². The quantitative estimate of drug-likeness (QED) is 0.108. The molecule has 0 fully saturated rings. The zero-order chi connectivity index (χ0) is 24.3. The first-order valence-electron chi connectivity index (χ1n) is 13.0. The molecule has 0 aliphatic rings. The van der Waals surface area contributed by atoms with Crippen molar-refractivity contribution in [2.24, 2.45) is 0 Å². The zero-order valence-corrected chi connectivity index (χ0v) is 21.4. The molecule has 5 nitrogen and oxygen atoms in total. The van der Waals surface area contributed by atoms with Crippen LogP contribution in [-0.2, 0) is 23.9 Å². The van der Waals surface area contributed by atoms with Crippen LogP contribution in [0.15, 0.2) is 12.2 Å². The van der Waals surface area contributed by atoms with Crippen LogP contribution in [0.2, 0.25) is 0 Å². The van der Waals surface area contributed by atoms with E-state index < -0.39 is 0 Å². The third-order valence-electron chi connectivity index (χ3n) is 4.86. The van der Waals surface area contributed by atoms with Crippen LogP contribution in [0, 0.1) is 0 Å². The molecule has 0 bridgehead atoms. The van der Waals surface area contributed by atoms with Crippen LogP contribution in [0.3, 0.4) is 0 Å². The number of carbonyl (C=O) groups excluding carboxylic acids is 3. The number of ether oxygens (including phenoxy) is 2. The first-order chi connectivity index (χ1) is 15.5. The number of hydrogen-bond donors (Lipinski definition) is 0. The Morgan fingerprint density at radius 1 is 0.594 bits per heavy atom. The molecule has 0 aliphatic heterocycles. The first kappa shape index (κ1) is 32.5. The van der Waals surface area contributed by atoms with E-state index in [4.69, 9.17) is 9.47 Å². The Bertz CT molecular complexity index is 443. The van der Waals surface area contributed by atoms with Crippen molar-refractivity contribution in [3.63, 3.8) is 0 Å². The highest BCUT2D eigenvalue weighted by molar-refractivity contribution is 5.87. The second kappa shape index (κ2) is 27.4. The SMILES string of the molecule is CCCCCC=CC(C)=O.CCCCOC(=O)CCCCCCCCC(=O)OCCCC. The van der Waals surface area contributed by atoms with Gasteiger partial charge in [0, 0.05) is 12.8 Å².